The Balaban J connectivity index is 3.08. The molecule has 106 valence electrons. The van der Waals surface area contributed by atoms with Crippen molar-refractivity contribution in [2.24, 2.45) is 10.9 Å². The van der Waals surface area contributed by atoms with Crippen LogP contribution in [0.1, 0.15) is 31.9 Å². The zero-order chi connectivity index (χ0) is 14.4. The Morgan fingerprint density at radius 2 is 2.16 bits per heavy atom. The number of oxime groups is 1. The summed E-state index contributed by atoms with van der Waals surface area (Å²) in [5.41, 5.74) is 7.35. The Labute approximate surface area is 114 Å². The van der Waals surface area contributed by atoms with Gasteiger partial charge in [-0.25, -0.2) is 0 Å². The van der Waals surface area contributed by atoms with Crippen molar-refractivity contribution < 1.29 is 9.94 Å². The van der Waals surface area contributed by atoms with Gasteiger partial charge in [-0.1, -0.05) is 12.1 Å². The minimum atomic E-state index is 0.108. The van der Waals surface area contributed by atoms with Crippen LogP contribution in [0.3, 0.4) is 0 Å². The van der Waals surface area contributed by atoms with E-state index in [0.29, 0.717) is 11.6 Å². The molecule has 0 bridgehead atoms. The summed E-state index contributed by atoms with van der Waals surface area (Å²) in [6.07, 6.45) is 0. The molecule has 0 amide bonds. The van der Waals surface area contributed by atoms with Crippen molar-refractivity contribution in [2.45, 2.75) is 33.4 Å². The highest BCUT2D eigenvalue weighted by Crippen LogP contribution is 2.22. The molecule has 0 aliphatic carbocycles. The van der Waals surface area contributed by atoms with Crippen molar-refractivity contribution in [3.05, 3.63) is 29.3 Å². The van der Waals surface area contributed by atoms with Crippen LogP contribution < -0.4 is 10.5 Å². The number of methoxy groups -OCH3 is 1. The summed E-state index contributed by atoms with van der Waals surface area (Å²) < 4.78 is 5.37. The van der Waals surface area contributed by atoms with Gasteiger partial charge in [-0.15, -0.1) is 0 Å². The maximum absolute atomic E-state index is 8.74. The molecule has 1 aromatic rings. The molecule has 0 unspecified atom stereocenters. The predicted molar refractivity (Wildman–Crippen MR) is 76.7 cm³/mol. The van der Waals surface area contributed by atoms with Gasteiger partial charge in [0, 0.05) is 23.7 Å². The SMILES string of the molecule is CCN(Cc1cc(/C(N)=N/O)ccc1OC)C(C)C. The van der Waals surface area contributed by atoms with E-state index in [9.17, 15) is 0 Å². The normalized spacial score (nSPS) is 12.2. The van der Waals surface area contributed by atoms with Gasteiger partial charge in [0.25, 0.3) is 0 Å². The van der Waals surface area contributed by atoms with Gasteiger partial charge in [-0.2, -0.15) is 0 Å². The second-order valence-electron chi connectivity index (χ2n) is 4.67. The van der Waals surface area contributed by atoms with E-state index >= 15 is 0 Å². The molecule has 3 N–H and O–H groups in total. The van der Waals surface area contributed by atoms with Gasteiger partial charge >= 0.3 is 0 Å². The van der Waals surface area contributed by atoms with Gasteiger partial charge in [0.2, 0.25) is 0 Å². The van der Waals surface area contributed by atoms with Crippen molar-refractivity contribution >= 4 is 5.84 Å². The summed E-state index contributed by atoms with van der Waals surface area (Å²) in [5.74, 6) is 0.921. The molecule has 0 saturated carbocycles. The first kappa shape index (κ1) is 15.3. The van der Waals surface area contributed by atoms with Crippen LogP contribution in [-0.2, 0) is 6.54 Å². The van der Waals surface area contributed by atoms with Crippen LogP contribution in [0.2, 0.25) is 0 Å². The van der Waals surface area contributed by atoms with Crippen molar-refractivity contribution in [3.8, 4) is 5.75 Å². The Hall–Kier alpha value is -1.75. The third-order valence-corrected chi connectivity index (χ3v) is 3.19. The summed E-state index contributed by atoms with van der Waals surface area (Å²) >= 11 is 0. The number of amidine groups is 1. The minimum Gasteiger partial charge on any atom is -0.496 e. The second kappa shape index (κ2) is 6.99. The number of nitrogens with zero attached hydrogens (tertiary/aromatic N) is 2. The number of benzene rings is 1. The molecule has 0 radical (unpaired) electrons. The molecule has 1 aromatic carbocycles. The van der Waals surface area contributed by atoms with Crippen molar-refractivity contribution in [3.63, 3.8) is 0 Å². The molecule has 0 saturated heterocycles. The van der Waals surface area contributed by atoms with Gasteiger partial charge in [0.15, 0.2) is 5.84 Å². The maximum Gasteiger partial charge on any atom is 0.170 e. The van der Waals surface area contributed by atoms with Crippen molar-refractivity contribution in [2.75, 3.05) is 13.7 Å². The fraction of sp³-hybridized carbons (Fsp3) is 0.500. The fourth-order valence-corrected chi connectivity index (χ4v) is 2.00. The first-order valence-electron chi connectivity index (χ1n) is 6.42. The van der Waals surface area contributed by atoms with Gasteiger partial charge < -0.3 is 15.7 Å². The van der Waals surface area contributed by atoms with E-state index < -0.39 is 0 Å². The smallest absolute Gasteiger partial charge is 0.170 e. The molecule has 1 rings (SSSR count). The van der Waals surface area contributed by atoms with Gasteiger partial charge in [0.1, 0.15) is 5.75 Å². The highest BCUT2D eigenvalue weighted by molar-refractivity contribution is 5.97. The third kappa shape index (κ3) is 3.86. The summed E-state index contributed by atoms with van der Waals surface area (Å²) in [4.78, 5) is 2.31. The van der Waals surface area contributed by atoms with Crippen molar-refractivity contribution in [1.29, 1.82) is 0 Å². The zero-order valence-electron chi connectivity index (χ0n) is 12.1. The molecular formula is C14H23N3O2. The Morgan fingerprint density at radius 3 is 2.63 bits per heavy atom. The molecule has 0 aromatic heterocycles. The molecule has 0 fully saturated rings. The summed E-state index contributed by atoms with van der Waals surface area (Å²) in [6, 6.07) is 5.97. The van der Waals surface area contributed by atoms with Gasteiger partial charge in [0.05, 0.1) is 7.11 Å². The molecule has 19 heavy (non-hydrogen) atoms. The summed E-state index contributed by atoms with van der Waals surface area (Å²) in [5, 5.41) is 11.8. The number of hydrogen-bond acceptors (Lipinski definition) is 4. The highest BCUT2D eigenvalue weighted by atomic mass is 16.5. The van der Waals surface area contributed by atoms with E-state index in [-0.39, 0.29) is 5.84 Å². The van der Waals surface area contributed by atoms with E-state index in [0.717, 1.165) is 24.4 Å². The van der Waals surface area contributed by atoms with Crippen LogP contribution in [0.25, 0.3) is 0 Å². The van der Waals surface area contributed by atoms with Crippen molar-refractivity contribution in [1.82, 2.24) is 4.90 Å². The van der Waals surface area contributed by atoms with Crippen LogP contribution in [0.4, 0.5) is 0 Å². The predicted octanol–water partition coefficient (Wildman–Crippen LogP) is 2.02. The summed E-state index contributed by atoms with van der Waals surface area (Å²) in [6.45, 7) is 8.16. The van der Waals surface area contributed by atoms with E-state index in [1.54, 1.807) is 13.2 Å². The largest absolute Gasteiger partial charge is 0.496 e. The lowest BCUT2D eigenvalue weighted by Gasteiger charge is -2.25. The number of hydrogen-bond donors (Lipinski definition) is 2. The average molecular weight is 265 g/mol. The van der Waals surface area contributed by atoms with Gasteiger partial charge in [-0.05, 0) is 38.6 Å². The van der Waals surface area contributed by atoms with Crippen LogP contribution in [0.5, 0.6) is 5.75 Å². The lowest BCUT2D eigenvalue weighted by Crippen LogP contribution is -2.30. The van der Waals surface area contributed by atoms with Crippen LogP contribution in [0.15, 0.2) is 23.4 Å². The Bertz CT molecular complexity index is 444. The zero-order valence-corrected chi connectivity index (χ0v) is 12.1. The maximum atomic E-state index is 8.74. The standard InChI is InChI=1S/C14H23N3O2/c1-5-17(10(2)3)9-12-8-11(14(15)16-18)6-7-13(12)19-4/h6-8,10,18H,5,9H2,1-4H3,(H2,15,16). The first-order valence-corrected chi connectivity index (χ1v) is 6.42. The van der Waals surface area contributed by atoms with Crippen LogP contribution in [0, 0.1) is 0 Å². The van der Waals surface area contributed by atoms with Gasteiger partial charge in [-0.3, -0.25) is 4.90 Å². The molecule has 0 aliphatic rings. The van der Waals surface area contributed by atoms with E-state index in [4.69, 9.17) is 15.7 Å². The number of ether oxygens (including phenoxy) is 1. The molecule has 5 heteroatoms. The molecule has 0 heterocycles. The summed E-state index contributed by atoms with van der Waals surface area (Å²) in [7, 11) is 1.65. The average Bonchev–Trinajstić information content (AvgIpc) is 2.43. The number of rotatable bonds is 6. The van der Waals surface area contributed by atoms with E-state index in [1.165, 1.54) is 0 Å². The molecule has 0 atom stereocenters. The third-order valence-electron chi connectivity index (χ3n) is 3.19. The lowest BCUT2D eigenvalue weighted by atomic mass is 10.1. The Kier molecular flexibility index (Phi) is 5.63. The number of nitrogens with two attached hydrogens (primary N) is 1. The topological polar surface area (TPSA) is 71.1 Å². The highest BCUT2D eigenvalue weighted by Gasteiger charge is 2.13. The molecule has 5 nitrogen and oxygen atoms in total. The monoisotopic (exact) mass is 265 g/mol. The molecule has 0 aliphatic heterocycles. The van der Waals surface area contributed by atoms with Crippen LogP contribution in [-0.4, -0.2) is 35.6 Å². The lowest BCUT2D eigenvalue weighted by molar-refractivity contribution is 0.222. The Morgan fingerprint density at radius 1 is 1.47 bits per heavy atom. The van der Waals surface area contributed by atoms with E-state index in [1.807, 2.05) is 12.1 Å². The van der Waals surface area contributed by atoms with E-state index in [2.05, 4.69) is 30.8 Å². The van der Waals surface area contributed by atoms with Crippen LogP contribution >= 0.6 is 0 Å². The molecular weight excluding hydrogens is 242 g/mol. The molecule has 0 spiro atoms. The quantitative estimate of drug-likeness (QED) is 0.357. The fourth-order valence-electron chi connectivity index (χ4n) is 2.00. The second-order valence-corrected chi connectivity index (χ2v) is 4.67. The first-order chi connectivity index (χ1) is 9.03. The minimum absolute atomic E-state index is 0.108.